The number of rotatable bonds is 5. The summed E-state index contributed by atoms with van der Waals surface area (Å²) in [4.78, 5) is 5.09. The molecule has 3 heteroatoms. The van der Waals surface area contributed by atoms with Crippen LogP contribution in [0.15, 0.2) is 24.3 Å². The van der Waals surface area contributed by atoms with E-state index in [0.717, 1.165) is 19.0 Å². The molecule has 2 rings (SSSR count). The molecule has 1 saturated heterocycles. The van der Waals surface area contributed by atoms with Gasteiger partial charge in [0.2, 0.25) is 0 Å². The highest BCUT2D eigenvalue weighted by molar-refractivity contribution is 5.48. The van der Waals surface area contributed by atoms with Crippen molar-refractivity contribution in [1.82, 2.24) is 10.2 Å². The molecule has 0 aliphatic carbocycles. The summed E-state index contributed by atoms with van der Waals surface area (Å²) < 4.78 is 0. The Kier molecular flexibility index (Phi) is 5.44. The first-order valence-corrected chi connectivity index (χ1v) is 7.84. The van der Waals surface area contributed by atoms with Crippen LogP contribution in [0, 0.1) is 5.92 Å². The van der Waals surface area contributed by atoms with E-state index in [2.05, 4.69) is 60.2 Å². The summed E-state index contributed by atoms with van der Waals surface area (Å²) in [6, 6.07) is 9.45. The molecular weight excluding hydrogens is 246 g/mol. The van der Waals surface area contributed by atoms with Crippen molar-refractivity contribution in [2.75, 3.05) is 44.7 Å². The van der Waals surface area contributed by atoms with Crippen molar-refractivity contribution in [2.24, 2.45) is 5.92 Å². The summed E-state index contributed by atoms with van der Waals surface area (Å²) in [5, 5.41) is 3.28. The molecule has 1 atom stereocenters. The molecule has 0 amide bonds. The molecule has 0 bridgehead atoms. The maximum absolute atomic E-state index is 3.28. The molecule has 1 N–H and O–H groups in total. The fourth-order valence-corrected chi connectivity index (χ4v) is 2.85. The quantitative estimate of drug-likeness (QED) is 0.891. The topological polar surface area (TPSA) is 18.5 Å². The van der Waals surface area contributed by atoms with Crippen LogP contribution in [0.25, 0.3) is 0 Å². The molecule has 3 nitrogen and oxygen atoms in total. The third kappa shape index (κ3) is 3.97. The van der Waals surface area contributed by atoms with Crippen molar-refractivity contribution >= 4 is 5.69 Å². The summed E-state index contributed by atoms with van der Waals surface area (Å²) in [5.74, 6) is 0.767. The zero-order chi connectivity index (χ0) is 14.5. The fraction of sp³-hybridized carbons (Fsp3) is 0.647. The van der Waals surface area contributed by atoms with E-state index in [1.54, 1.807) is 0 Å². The van der Waals surface area contributed by atoms with Crippen LogP contribution in [0.4, 0.5) is 5.69 Å². The predicted molar refractivity (Wildman–Crippen MR) is 87.4 cm³/mol. The second-order valence-electron chi connectivity index (χ2n) is 6.28. The predicted octanol–water partition coefficient (Wildman–Crippen LogP) is 2.75. The van der Waals surface area contributed by atoms with Gasteiger partial charge < -0.3 is 10.2 Å². The van der Waals surface area contributed by atoms with E-state index in [0.29, 0.717) is 6.04 Å². The van der Waals surface area contributed by atoms with E-state index in [4.69, 9.17) is 0 Å². The van der Waals surface area contributed by atoms with Crippen LogP contribution in [-0.2, 0) is 0 Å². The van der Waals surface area contributed by atoms with Gasteiger partial charge in [-0.2, -0.15) is 0 Å². The molecule has 20 heavy (non-hydrogen) atoms. The lowest BCUT2D eigenvalue weighted by Gasteiger charge is -2.37. The van der Waals surface area contributed by atoms with Crippen molar-refractivity contribution < 1.29 is 0 Å². The van der Waals surface area contributed by atoms with Gasteiger partial charge >= 0.3 is 0 Å². The lowest BCUT2D eigenvalue weighted by molar-refractivity contribution is 0.231. The molecule has 0 saturated carbocycles. The van der Waals surface area contributed by atoms with Gasteiger partial charge in [-0.05, 0) is 37.6 Å². The van der Waals surface area contributed by atoms with E-state index in [1.165, 1.54) is 30.9 Å². The smallest absolute Gasteiger partial charge is 0.0367 e. The average Bonchev–Trinajstić information content (AvgIpc) is 2.47. The largest absolute Gasteiger partial charge is 0.369 e. The SMILES string of the molecule is CNC(C)c1ccc(N2CCN(CC(C)C)CC2)cc1. The van der Waals surface area contributed by atoms with Gasteiger partial charge in [0.05, 0.1) is 0 Å². The van der Waals surface area contributed by atoms with Crippen molar-refractivity contribution in [3.8, 4) is 0 Å². The fourth-order valence-electron chi connectivity index (χ4n) is 2.85. The Balaban J connectivity index is 1.90. The highest BCUT2D eigenvalue weighted by Crippen LogP contribution is 2.20. The molecule has 1 aromatic carbocycles. The number of hydrogen-bond acceptors (Lipinski definition) is 3. The van der Waals surface area contributed by atoms with Gasteiger partial charge in [0.1, 0.15) is 0 Å². The van der Waals surface area contributed by atoms with Crippen molar-refractivity contribution in [3.05, 3.63) is 29.8 Å². The van der Waals surface area contributed by atoms with Gasteiger partial charge in [0.15, 0.2) is 0 Å². The summed E-state index contributed by atoms with van der Waals surface area (Å²) in [6.45, 7) is 12.7. The van der Waals surface area contributed by atoms with E-state index in [9.17, 15) is 0 Å². The minimum absolute atomic E-state index is 0.423. The molecular formula is C17H29N3. The maximum Gasteiger partial charge on any atom is 0.0367 e. The lowest BCUT2D eigenvalue weighted by atomic mass is 10.1. The molecule has 0 spiro atoms. The molecule has 1 unspecified atom stereocenters. The van der Waals surface area contributed by atoms with Gasteiger partial charge in [0, 0.05) is 44.5 Å². The summed E-state index contributed by atoms with van der Waals surface area (Å²) in [5.41, 5.74) is 2.72. The monoisotopic (exact) mass is 275 g/mol. The van der Waals surface area contributed by atoms with Crippen LogP contribution in [-0.4, -0.2) is 44.7 Å². The number of nitrogens with zero attached hydrogens (tertiary/aromatic N) is 2. The first kappa shape index (κ1) is 15.3. The highest BCUT2D eigenvalue weighted by Gasteiger charge is 2.17. The molecule has 1 fully saturated rings. The van der Waals surface area contributed by atoms with Crippen molar-refractivity contribution in [1.29, 1.82) is 0 Å². The normalized spacial score (nSPS) is 18.6. The Bertz CT molecular complexity index is 391. The molecule has 1 aromatic rings. The first-order chi connectivity index (χ1) is 9.60. The van der Waals surface area contributed by atoms with Crippen molar-refractivity contribution in [2.45, 2.75) is 26.8 Å². The average molecular weight is 275 g/mol. The number of hydrogen-bond donors (Lipinski definition) is 1. The summed E-state index contributed by atoms with van der Waals surface area (Å²) >= 11 is 0. The number of nitrogens with one attached hydrogen (secondary N) is 1. The Labute approximate surface area is 124 Å². The minimum atomic E-state index is 0.423. The minimum Gasteiger partial charge on any atom is -0.369 e. The van der Waals surface area contributed by atoms with Crippen LogP contribution in [0.3, 0.4) is 0 Å². The standard InChI is InChI=1S/C17H29N3/c1-14(2)13-19-9-11-20(12-10-19)17-7-5-16(6-8-17)15(3)18-4/h5-8,14-15,18H,9-13H2,1-4H3. The van der Waals surface area contributed by atoms with Gasteiger partial charge in [-0.3, -0.25) is 4.90 Å². The van der Waals surface area contributed by atoms with E-state index in [-0.39, 0.29) is 0 Å². The molecule has 1 heterocycles. The lowest BCUT2D eigenvalue weighted by Crippen LogP contribution is -2.47. The van der Waals surface area contributed by atoms with Gasteiger partial charge in [-0.15, -0.1) is 0 Å². The Morgan fingerprint density at radius 3 is 2.10 bits per heavy atom. The summed E-state index contributed by atoms with van der Waals surface area (Å²) in [6.07, 6.45) is 0. The Hall–Kier alpha value is -1.06. The zero-order valence-electron chi connectivity index (χ0n) is 13.4. The molecule has 1 aliphatic rings. The molecule has 1 aliphatic heterocycles. The summed E-state index contributed by atoms with van der Waals surface area (Å²) in [7, 11) is 2.01. The number of anilines is 1. The first-order valence-electron chi connectivity index (χ1n) is 7.84. The molecule has 112 valence electrons. The third-order valence-corrected chi connectivity index (χ3v) is 4.19. The van der Waals surface area contributed by atoms with Gasteiger partial charge in [0.25, 0.3) is 0 Å². The van der Waals surface area contributed by atoms with Crippen LogP contribution in [0.1, 0.15) is 32.4 Å². The van der Waals surface area contributed by atoms with Crippen LogP contribution < -0.4 is 10.2 Å². The van der Waals surface area contributed by atoms with Gasteiger partial charge in [-0.1, -0.05) is 26.0 Å². The van der Waals surface area contributed by atoms with Crippen LogP contribution in [0.5, 0.6) is 0 Å². The second kappa shape index (κ2) is 7.09. The highest BCUT2D eigenvalue weighted by atomic mass is 15.3. The molecule has 0 aromatic heterocycles. The Morgan fingerprint density at radius 1 is 1.00 bits per heavy atom. The number of piperazine rings is 1. The Morgan fingerprint density at radius 2 is 1.60 bits per heavy atom. The zero-order valence-corrected chi connectivity index (χ0v) is 13.4. The maximum atomic E-state index is 3.28. The van der Waals surface area contributed by atoms with Crippen molar-refractivity contribution in [3.63, 3.8) is 0 Å². The van der Waals surface area contributed by atoms with Crippen LogP contribution >= 0.6 is 0 Å². The third-order valence-electron chi connectivity index (χ3n) is 4.19. The molecule has 0 radical (unpaired) electrons. The van der Waals surface area contributed by atoms with E-state index >= 15 is 0 Å². The van der Waals surface area contributed by atoms with E-state index in [1.807, 2.05) is 7.05 Å². The second-order valence-corrected chi connectivity index (χ2v) is 6.28. The van der Waals surface area contributed by atoms with E-state index < -0.39 is 0 Å². The number of benzene rings is 1. The van der Waals surface area contributed by atoms with Gasteiger partial charge in [-0.25, -0.2) is 0 Å². The van der Waals surface area contributed by atoms with Crippen LogP contribution in [0.2, 0.25) is 0 Å².